The van der Waals surface area contributed by atoms with Crippen LogP contribution < -0.4 is 5.43 Å². The average molecular weight is 416 g/mol. The molecule has 0 aliphatic rings. The van der Waals surface area contributed by atoms with Gasteiger partial charge in [-0.05, 0) is 12.1 Å². The number of aliphatic hydroxyl groups excluding tert-OH is 4. The van der Waals surface area contributed by atoms with Crippen LogP contribution in [-0.2, 0) is 9.59 Å². The van der Waals surface area contributed by atoms with Crippen LogP contribution in [0.3, 0.4) is 0 Å². The summed E-state index contributed by atoms with van der Waals surface area (Å²) in [6, 6.07) is 18.4. The molecule has 30 heavy (non-hydrogen) atoms. The summed E-state index contributed by atoms with van der Waals surface area (Å²) in [5.74, 6) is -1.15. The van der Waals surface area contributed by atoms with E-state index in [4.69, 9.17) is 29.9 Å². The summed E-state index contributed by atoms with van der Waals surface area (Å²) in [4.78, 5) is 31.9. The summed E-state index contributed by atoms with van der Waals surface area (Å²) in [7, 11) is 0. The number of para-hydroxylation sites is 1. The number of benzene rings is 2. The molecule has 2 aromatic carbocycles. The Morgan fingerprint density at radius 3 is 2.10 bits per heavy atom. The first kappa shape index (κ1) is 22.9. The molecule has 0 unspecified atom stereocenters. The highest BCUT2D eigenvalue weighted by Crippen LogP contribution is 2.21. The second-order valence-corrected chi connectivity index (χ2v) is 6.23. The molecule has 9 nitrogen and oxygen atoms in total. The van der Waals surface area contributed by atoms with Crippen molar-refractivity contribution in [2.75, 3.05) is 0 Å². The first-order valence-corrected chi connectivity index (χ1v) is 8.75. The van der Waals surface area contributed by atoms with Crippen LogP contribution >= 0.6 is 0 Å². The van der Waals surface area contributed by atoms with Crippen LogP contribution in [0.25, 0.3) is 22.3 Å². The Hall–Kier alpha value is -3.37. The van der Waals surface area contributed by atoms with Crippen LogP contribution in [0.2, 0.25) is 0 Å². The standard InChI is InChI=1S/C15H10O2.C6H10O7/c16-13-10-15(11-6-2-1-3-7-11)17-14-9-5-4-8-12(13)14;7-1-2(8)3(9)4(10)5(11)6(12)13/h1-10H;1-5,8-11H,(H,12,13)/t;2-,3+,4-,5-/m.0/s1. The van der Waals surface area contributed by atoms with Gasteiger partial charge < -0.3 is 34.7 Å². The first-order chi connectivity index (χ1) is 14.3. The average Bonchev–Trinajstić information content (AvgIpc) is 2.78. The molecule has 0 saturated heterocycles. The van der Waals surface area contributed by atoms with E-state index in [-0.39, 0.29) is 11.7 Å². The Morgan fingerprint density at radius 2 is 1.50 bits per heavy atom. The van der Waals surface area contributed by atoms with E-state index in [2.05, 4.69) is 0 Å². The van der Waals surface area contributed by atoms with Gasteiger partial charge in [-0.3, -0.25) is 4.79 Å². The Balaban J connectivity index is 0.000000224. The van der Waals surface area contributed by atoms with Crippen LogP contribution in [0.5, 0.6) is 0 Å². The molecule has 158 valence electrons. The third kappa shape index (κ3) is 5.58. The second-order valence-electron chi connectivity index (χ2n) is 6.23. The Bertz CT molecular complexity index is 1050. The highest BCUT2D eigenvalue weighted by molar-refractivity contribution is 5.78. The van der Waals surface area contributed by atoms with E-state index in [0.29, 0.717) is 16.7 Å². The summed E-state index contributed by atoms with van der Waals surface area (Å²) in [5.41, 5.74) is 1.53. The van der Waals surface area contributed by atoms with Gasteiger partial charge in [0.05, 0.1) is 5.39 Å². The van der Waals surface area contributed by atoms with Gasteiger partial charge in [0.15, 0.2) is 17.8 Å². The van der Waals surface area contributed by atoms with Crippen molar-refractivity contribution < 1.29 is 39.5 Å². The van der Waals surface area contributed by atoms with Gasteiger partial charge in [-0.1, -0.05) is 42.5 Å². The van der Waals surface area contributed by atoms with Crippen molar-refractivity contribution in [1.29, 1.82) is 0 Å². The minimum atomic E-state index is -2.25. The predicted octanol–water partition coefficient (Wildman–Crippen LogP) is 0.174. The predicted molar refractivity (Wildman–Crippen MR) is 106 cm³/mol. The van der Waals surface area contributed by atoms with Crippen molar-refractivity contribution in [2.45, 2.75) is 24.4 Å². The first-order valence-electron chi connectivity index (χ1n) is 8.75. The topological polar surface area (TPSA) is 166 Å². The third-order valence-electron chi connectivity index (χ3n) is 4.11. The van der Waals surface area contributed by atoms with E-state index in [1.165, 1.54) is 6.07 Å². The maximum absolute atomic E-state index is 11.9. The largest absolute Gasteiger partial charge is 0.479 e. The molecule has 0 saturated carbocycles. The number of aldehydes is 1. The van der Waals surface area contributed by atoms with Gasteiger partial charge in [0.25, 0.3) is 0 Å². The molecule has 0 radical (unpaired) electrons. The number of aliphatic carboxylic acids is 1. The molecule has 5 N–H and O–H groups in total. The van der Waals surface area contributed by atoms with Crippen molar-refractivity contribution in [1.82, 2.24) is 0 Å². The maximum Gasteiger partial charge on any atom is 0.335 e. The molecule has 1 heterocycles. The molecule has 3 rings (SSSR count). The fraction of sp³-hybridized carbons (Fsp3) is 0.190. The van der Waals surface area contributed by atoms with Crippen molar-refractivity contribution in [3.05, 3.63) is 70.9 Å². The number of aliphatic hydroxyl groups is 4. The molecule has 0 aliphatic heterocycles. The molecular weight excluding hydrogens is 396 g/mol. The number of carboxylic acid groups (broad SMARTS) is 1. The zero-order valence-electron chi connectivity index (χ0n) is 15.5. The fourth-order valence-electron chi connectivity index (χ4n) is 2.46. The Labute approximate surface area is 170 Å². The van der Waals surface area contributed by atoms with Crippen molar-refractivity contribution in [3.63, 3.8) is 0 Å². The number of hydrogen-bond donors (Lipinski definition) is 5. The monoisotopic (exact) mass is 416 g/mol. The zero-order valence-corrected chi connectivity index (χ0v) is 15.5. The number of carbonyl (C=O) groups excluding carboxylic acids is 1. The molecule has 3 aromatic rings. The van der Waals surface area contributed by atoms with Crippen LogP contribution in [0.1, 0.15) is 0 Å². The van der Waals surface area contributed by atoms with E-state index in [1.807, 2.05) is 48.5 Å². The van der Waals surface area contributed by atoms with Crippen molar-refractivity contribution in [3.8, 4) is 11.3 Å². The number of hydrogen-bond acceptors (Lipinski definition) is 8. The molecule has 0 fully saturated rings. The van der Waals surface area contributed by atoms with Gasteiger partial charge in [-0.25, -0.2) is 4.79 Å². The number of carbonyl (C=O) groups is 2. The van der Waals surface area contributed by atoms with E-state index in [0.717, 1.165) is 5.56 Å². The second kappa shape index (κ2) is 10.4. The van der Waals surface area contributed by atoms with Gasteiger partial charge in [-0.15, -0.1) is 0 Å². The van der Waals surface area contributed by atoms with Crippen LogP contribution in [0, 0.1) is 0 Å². The lowest BCUT2D eigenvalue weighted by Crippen LogP contribution is -2.48. The van der Waals surface area contributed by atoms with Crippen LogP contribution in [0.4, 0.5) is 0 Å². The normalized spacial score (nSPS) is 14.7. The van der Waals surface area contributed by atoms with Gasteiger partial charge in [0.2, 0.25) is 0 Å². The van der Waals surface area contributed by atoms with E-state index in [9.17, 15) is 14.4 Å². The SMILES string of the molecule is O=C[C@H](O)[C@@H](O)[C@H](O)[C@H](O)C(=O)O.O=c1cc(-c2ccccc2)oc2ccccc12. The quantitative estimate of drug-likeness (QED) is 0.352. The van der Waals surface area contributed by atoms with E-state index >= 15 is 0 Å². The molecule has 0 aliphatic carbocycles. The highest BCUT2D eigenvalue weighted by Gasteiger charge is 2.34. The van der Waals surface area contributed by atoms with E-state index < -0.39 is 30.4 Å². The molecule has 9 heteroatoms. The summed E-state index contributed by atoms with van der Waals surface area (Å²) in [6.45, 7) is 0. The maximum atomic E-state index is 11.9. The lowest BCUT2D eigenvalue weighted by atomic mass is 10.0. The Morgan fingerprint density at radius 1 is 0.900 bits per heavy atom. The fourth-order valence-corrected chi connectivity index (χ4v) is 2.46. The Kier molecular flexibility index (Phi) is 7.96. The number of carboxylic acids is 1. The number of fused-ring (bicyclic) bond motifs is 1. The molecule has 1 aromatic heterocycles. The van der Waals surface area contributed by atoms with Gasteiger partial charge in [0.1, 0.15) is 29.7 Å². The zero-order chi connectivity index (χ0) is 22.3. The molecular formula is C21H20O9. The minimum Gasteiger partial charge on any atom is -0.479 e. The summed E-state index contributed by atoms with van der Waals surface area (Å²) in [5, 5.41) is 43.8. The lowest BCUT2D eigenvalue weighted by molar-refractivity contribution is -0.163. The van der Waals surface area contributed by atoms with Gasteiger partial charge in [-0.2, -0.15) is 0 Å². The molecule has 0 amide bonds. The molecule has 0 bridgehead atoms. The highest BCUT2D eigenvalue weighted by atomic mass is 16.4. The molecule has 0 spiro atoms. The van der Waals surface area contributed by atoms with Gasteiger partial charge in [0, 0.05) is 11.6 Å². The van der Waals surface area contributed by atoms with Crippen LogP contribution in [0.15, 0.2) is 69.9 Å². The minimum absolute atomic E-state index is 0.00861. The summed E-state index contributed by atoms with van der Waals surface area (Å²) >= 11 is 0. The van der Waals surface area contributed by atoms with Crippen molar-refractivity contribution in [2.24, 2.45) is 0 Å². The van der Waals surface area contributed by atoms with Crippen molar-refractivity contribution >= 4 is 23.2 Å². The lowest BCUT2D eigenvalue weighted by Gasteiger charge is -2.21. The summed E-state index contributed by atoms with van der Waals surface area (Å²) < 4.78 is 5.73. The molecule has 4 atom stereocenters. The van der Waals surface area contributed by atoms with Crippen LogP contribution in [-0.4, -0.2) is 62.2 Å². The van der Waals surface area contributed by atoms with E-state index in [1.54, 1.807) is 6.07 Å². The number of rotatable bonds is 6. The smallest absolute Gasteiger partial charge is 0.335 e. The van der Waals surface area contributed by atoms with Gasteiger partial charge >= 0.3 is 5.97 Å². The third-order valence-corrected chi connectivity index (χ3v) is 4.11. The summed E-state index contributed by atoms with van der Waals surface area (Å²) in [6.07, 6.45) is -8.39.